The molecule has 174 valence electrons. The van der Waals surface area contributed by atoms with E-state index < -0.39 is 0 Å². The van der Waals surface area contributed by atoms with E-state index in [2.05, 4.69) is 53.1 Å². The molecule has 0 spiro atoms. The molecular formula is C31H25N5. The van der Waals surface area contributed by atoms with Crippen LogP contribution in [0.2, 0.25) is 0 Å². The van der Waals surface area contributed by atoms with Crippen LogP contribution in [0.15, 0.2) is 122 Å². The molecule has 0 fully saturated rings. The third kappa shape index (κ3) is 4.59. The first-order valence-electron chi connectivity index (χ1n) is 12.1. The summed E-state index contributed by atoms with van der Waals surface area (Å²) in [5.41, 5.74) is 6.33. The molecule has 2 N–H and O–H groups in total. The van der Waals surface area contributed by atoms with Gasteiger partial charge in [-0.15, -0.1) is 0 Å². The summed E-state index contributed by atoms with van der Waals surface area (Å²) >= 11 is 0. The maximum absolute atomic E-state index is 4.95. The molecule has 2 aliphatic rings. The van der Waals surface area contributed by atoms with E-state index in [4.69, 9.17) is 15.0 Å². The second-order valence-electron chi connectivity index (χ2n) is 8.67. The minimum absolute atomic E-state index is 0.0732. The van der Waals surface area contributed by atoms with E-state index in [-0.39, 0.29) is 6.04 Å². The van der Waals surface area contributed by atoms with Gasteiger partial charge in [-0.3, -0.25) is 0 Å². The number of dihydropyridines is 2. The molecule has 3 heterocycles. The van der Waals surface area contributed by atoms with Crippen LogP contribution in [0.1, 0.15) is 17.2 Å². The van der Waals surface area contributed by atoms with E-state index in [0.717, 1.165) is 34.4 Å². The summed E-state index contributed by atoms with van der Waals surface area (Å²) in [5.74, 6) is 1.97. The Morgan fingerprint density at radius 1 is 0.639 bits per heavy atom. The maximum Gasteiger partial charge on any atom is 0.164 e. The number of rotatable bonds is 5. The number of nitrogens with one attached hydrogen (secondary N) is 2. The van der Waals surface area contributed by atoms with Gasteiger partial charge >= 0.3 is 0 Å². The second kappa shape index (κ2) is 9.84. The average Bonchev–Trinajstić information content (AvgIpc) is 2.98. The van der Waals surface area contributed by atoms with Gasteiger partial charge in [-0.1, -0.05) is 78.9 Å². The molecule has 3 aromatic carbocycles. The third-order valence-electron chi connectivity index (χ3n) is 6.21. The molecule has 6 rings (SSSR count). The van der Waals surface area contributed by atoms with Gasteiger partial charge in [0.05, 0.1) is 6.04 Å². The molecular weight excluding hydrogens is 442 g/mol. The van der Waals surface area contributed by atoms with E-state index in [0.29, 0.717) is 17.5 Å². The lowest BCUT2D eigenvalue weighted by molar-refractivity contribution is 0.746. The standard InChI is InChI=1S/C31H25N5/c1-3-9-23(10-4-1)29-34-30(24-11-5-2-6-12-24)36-31(35-29)27-20-25(22-14-17-32-18-15-22)19-26(21-27)28-13-7-8-16-33-28/h1-17,19-21,28,32-33H,18H2. The molecule has 0 bridgehead atoms. The number of hydrogen-bond donors (Lipinski definition) is 2. The molecule has 4 aromatic rings. The van der Waals surface area contributed by atoms with Gasteiger partial charge in [0.1, 0.15) is 0 Å². The summed E-state index contributed by atoms with van der Waals surface area (Å²) in [4.78, 5) is 14.7. The topological polar surface area (TPSA) is 62.7 Å². The number of hydrogen-bond acceptors (Lipinski definition) is 5. The van der Waals surface area contributed by atoms with Crippen molar-refractivity contribution >= 4 is 5.57 Å². The zero-order chi connectivity index (χ0) is 24.2. The van der Waals surface area contributed by atoms with E-state index in [1.54, 1.807) is 0 Å². The SMILES string of the molecule is C1=CNC(c2cc(C3=CCNC=C3)cc(-c3nc(-c4ccccc4)nc(-c4ccccc4)n3)c2)C=C1. The van der Waals surface area contributed by atoms with Crippen LogP contribution in [-0.2, 0) is 0 Å². The minimum atomic E-state index is 0.0732. The van der Waals surface area contributed by atoms with Crippen LogP contribution in [0.5, 0.6) is 0 Å². The molecule has 1 atom stereocenters. The van der Waals surface area contributed by atoms with E-state index in [9.17, 15) is 0 Å². The molecule has 2 aliphatic heterocycles. The number of nitrogens with zero attached hydrogens (tertiary/aromatic N) is 3. The van der Waals surface area contributed by atoms with Crippen LogP contribution in [0.25, 0.3) is 39.7 Å². The molecule has 36 heavy (non-hydrogen) atoms. The Kier molecular flexibility index (Phi) is 5.94. The summed E-state index contributed by atoms with van der Waals surface area (Å²) in [5, 5.41) is 6.69. The summed E-state index contributed by atoms with van der Waals surface area (Å²) in [7, 11) is 0. The zero-order valence-electron chi connectivity index (χ0n) is 19.7. The normalized spacial score (nSPS) is 16.2. The van der Waals surface area contributed by atoms with Crippen molar-refractivity contribution in [3.8, 4) is 34.2 Å². The Bertz CT molecular complexity index is 1440. The molecule has 0 aliphatic carbocycles. The summed E-state index contributed by atoms with van der Waals surface area (Å²) in [6.45, 7) is 0.803. The first-order valence-corrected chi connectivity index (χ1v) is 12.1. The van der Waals surface area contributed by atoms with Crippen LogP contribution in [0.4, 0.5) is 0 Å². The summed E-state index contributed by atoms with van der Waals surface area (Å²) in [6, 6.07) is 26.8. The first-order chi connectivity index (χ1) is 17.8. The highest BCUT2D eigenvalue weighted by atomic mass is 15.0. The van der Waals surface area contributed by atoms with Gasteiger partial charge in [-0.25, -0.2) is 15.0 Å². The summed E-state index contributed by atoms with van der Waals surface area (Å²) < 4.78 is 0. The van der Waals surface area contributed by atoms with Gasteiger partial charge in [0, 0.05) is 23.2 Å². The van der Waals surface area contributed by atoms with Crippen LogP contribution in [0.3, 0.4) is 0 Å². The number of aromatic nitrogens is 3. The van der Waals surface area contributed by atoms with Gasteiger partial charge < -0.3 is 10.6 Å². The Morgan fingerprint density at radius 2 is 1.28 bits per heavy atom. The fourth-order valence-electron chi connectivity index (χ4n) is 4.39. The van der Waals surface area contributed by atoms with Crippen molar-refractivity contribution in [3.63, 3.8) is 0 Å². The Hall–Kier alpha value is -4.77. The van der Waals surface area contributed by atoms with Crippen molar-refractivity contribution in [1.82, 2.24) is 25.6 Å². The molecule has 1 unspecified atom stereocenters. The highest BCUT2D eigenvalue weighted by molar-refractivity contribution is 5.79. The van der Waals surface area contributed by atoms with Crippen molar-refractivity contribution in [2.24, 2.45) is 0 Å². The number of allylic oxidation sites excluding steroid dienone is 4. The molecule has 5 heteroatoms. The van der Waals surface area contributed by atoms with Gasteiger partial charge in [0.25, 0.3) is 0 Å². The predicted octanol–water partition coefficient (Wildman–Crippen LogP) is 6.09. The van der Waals surface area contributed by atoms with Gasteiger partial charge in [-0.05, 0) is 59.5 Å². The zero-order valence-corrected chi connectivity index (χ0v) is 19.7. The largest absolute Gasteiger partial charge is 0.387 e. The molecule has 5 nitrogen and oxygen atoms in total. The highest BCUT2D eigenvalue weighted by Crippen LogP contribution is 2.31. The van der Waals surface area contributed by atoms with Crippen LogP contribution in [0, 0.1) is 0 Å². The minimum Gasteiger partial charge on any atom is -0.387 e. The van der Waals surface area contributed by atoms with Gasteiger partial charge in [-0.2, -0.15) is 0 Å². The van der Waals surface area contributed by atoms with E-state index in [1.807, 2.05) is 79.1 Å². The van der Waals surface area contributed by atoms with Crippen molar-refractivity contribution in [1.29, 1.82) is 0 Å². The van der Waals surface area contributed by atoms with Crippen molar-refractivity contribution in [3.05, 3.63) is 133 Å². The van der Waals surface area contributed by atoms with E-state index >= 15 is 0 Å². The lowest BCUT2D eigenvalue weighted by Gasteiger charge is -2.19. The summed E-state index contributed by atoms with van der Waals surface area (Å²) in [6.07, 6.45) is 14.5. The molecule has 1 aromatic heterocycles. The molecule has 0 amide bonds. The van der Waals surface area contributed by atoms with Crippen LogP contribution >= 0.6 is 0 Å². The monoisotopic (exact) mass is 467 g/mol. The molecule has 0 saturated heterocycles. The highest BCUT2D eigenvalue weighted by Gasteiger charge is 2.17. The average molecular weight is 468 g/mol. The predicted molar refractivity (Wildman–Crippen MR) is 145 cm³/mol. The fraction of sp³-hybridized carbons (Fsp3) is 0.0645. The van der Waals surface area contributed by atoms with Crippen molar-refractivity contribution < 1.29 is 0 Å². The van der Waals surface area contributed by atoms with E-state index in [1.165, 1.54) is 5.57 Å². The van der Waals surface area contributed by atoms with Crippen molar-refractivity contribution in [2.45, 2.75) is 6.04 Å². The second-order valence-corrected chi connectivity index (χ2v) is 8.67. The van der Waals surface area contributed by atoms with Crippen LogP contribution in [-0.4, -0.2) is 21.5 Å². The smallest absolute Gasteiger partial charge is 0.164 e. The quantitative estimate of drug-likeness (QED) is 0.372. The van der Waals surface area contributed by atoms with Crippen molar-refractivity contribution in [2.75, 3.05) is 6.54 Å². The maximum atomic E-state index is 4.95. The Labute approximate surface area is 210 Å². The lowest BCUT2D eigenvalue weighted by atomic mass is 9.94. The number of benzene rings is 3. The lowest BCUT2D eigenvalue weighted by Crippen LogP contribution is -2.15. The van der Waals surface area contributed by atoms with Gasteiger partial charge in [0.15, 0.2) is 17.5 Å². The first kappa shape index (κ1) is 21.7. The van der Waals surface area contributed by atoms with Gasteiger partial charge in [0.2, 0.25) is 0 Å². The molecule has 0 radical (unpaired) electrons. The Balaban J connectivity index is 1.54. The fourth-order valence-corrected chi connectivity index (χ4v) is 4.39. The van der Waals surface area contributed by atoms with Crippen LogP contribution < -0.4 is 10.6 Å². The molecule has 0 saturated carbocycles. The third-order valence-corrected chi connectivity index (χ3v) is 6.21. The Morgan fingerprint density at radius 3 is 1.86 bits per heavy atom.